The molecule has 0 saturated heterocycles. The standard InChI is InChI=1S/C21H19Cl2FN2O4/c1-13(26-21(29)12-30-16-6-7-17(23)18(24)10-16)8-9-25-20(28)11-19(27)14-2-4-15(22)5-3-14/h2-7,10H,1,8-9,11-12H2,(H,25,28)(H,26,29). The van der Waals surface area contributed by atoms with Crippen molar-refractivity contribution in [2.75, 3.05) is 13.2 Å². The monoisotopic (exact) mass is 452 g/mol. The van der Waals surface area contributed by atoms with Crippen LogP contribution >= 0.6 is 23.2 Å². The van der Waals surface area contributed by atoms with Crippen molar-refractivity contribution in [2.45, 2.75) is 12.8 Å². The van der Waals surface area contributed by atoms with Crippen LogP contribution in [0.25, 0.3) is 0 Å². The number of carbonyl (C=O) groups excluding carboxylic acids is 3. The van der Waals surface area contributed by atoms with Crippen molar-refractivity contribution in [3.05, 3.63) is 76.2 Å². The summed E-state index contributed by atoms with van der Waals surface area (Å²) in [6, 6.07) is 10.1. The maximum absolute atomic E-state index is 13.3. The Bertz CT molecular complexity index is 949. The highest BCUT2D eigenvalue weighted by Gasteiger charge is 2.12. The second-order valence-corrected chi connectivity index (χ2v) is 7.07. The average molecular weight is 453 g/mol. The molecule has 0 bridgehead atoms. The van der Waals surface area contributed by atoms with Gasteiger partial charge < -0.3 is 15.4 Å². The van der Waals surface area contributed by atoms with Crippen molar-refractivity contribution in [2.24, 2.45) is 0 Å². The molecule has 2 amide bonds. The van der Waals surface area contributed by atoms with Crippen LogP contribution in [0.3, 0.4) is 0 Å². The smallest absolute Gasteiger partial charge is 0.262 e. The maximum Gasteiger partial charge on any atom is 0.262 e. The minimum absolute atomic E-state index is 0.0444. The van der Waals surface area contributed by atoms with Gasteiger partial charge >= 0.3 is 0 Å². The number of benzene rings is 2. The van der Waals surface area contributed by atoms with Crippen molar-refractivity contribution in [1.82, 2.24) is 10.6 Å². The van der Waals surface area contributed by atoms with Crippen LogP contribution < -0.4 is 15.4 Å². The number of hydrogen-bond acceptors (Lipinski definition) is 4. The van der Waals surface area contributed by atoms with Gasteiger partial charge in [0.2, 0.25) is 5.91 Å². The molecule has 0 spiro atoms. The van der Waals surface area contributed by atoms with Crippen molar-refractivity contribution in [3.8, 4) is 5.75 Å². The summed E-state index contributed by atoms with van der Waals surface area (Å²) in [5.41, 5.74) is 0.752. The fraction of sp³-hybridized carbons (Fsp3) is 0.190. The fourth-order valence-corrected chi connectivity index (χ4v) is 2.55. The zero-order valence-electron chi connectivity index (χ0n) is 15.8. The van der Waals surface area contributed by atoms with E-state index in [1.54, 1.807) is 24.3 Å². The van der Waals surface area contributed by atoms with E-state index in [0.717, 1.165) is 6.07 Å². The summed E-state index contributed by atoms with van der Waals surface area (Å²) in [6.07, 6.45) is -0.0336. The molecule has 0 unspecified atom stereocenters. The van der Waals surface area contributed by atoms with Crippen LogP contribution in [0.4, 0.5) is 4.39 Å². The van der Waals surface area contributed by atoms with Gasteiger partial charge in [-0.2, -0.15) is 0 Å². The highest BCUT2D eigenvalue weighted by Crippen LogP contribution is 2.20. The first-order valence-electron chi connectivity index (χ1n) is 8.85. The van der Waals surface area contributed by atoms with Gasteiger partial charge in [0.1, 0.15) is 11.6 Å². The van der Waals surface area contributed by atoms with Crippen molar-refractivity contribution >= 4 is 40.8 Å². The zero-order valence-corrected chi connectivity index (χ0v) is 17.4. The first kappa shape index (κ1) is 23.4. The molecule has 0 radical (unpaired) electrons. The molecule has 0 saturated carbocycles. The largest absolute Gasteiger partial charge is 0.484 e. The Labute approximate surface area is 183 Å². The maximum atomic E-state index is 13.3. The van der Waals surface area contributed by atoms with Crippen molar-refractivity contribution in [1.29, 1.82) is 0 Å². The quantitative estimate of drug-likeness (QED) is 0.422. The van der Waals surface area contributed by atoms with E-state index in [1.165, 1.54) is 12.1 Å². The SMILES string of the molecule is C=C(CCNC(=O)CC(=O)c1ccc(Cl)cc1)NC(=O)COc1ccc(Cl)c(F)c1. The molecular weight excluding hydrogens is 434 g/mol. The van der Waals surface area contributed by atoms with E-state index in [2.05, 4.69) is 17.2 Å². The van der Waals surface area contributed by atoms with Gasteiger partial charge in [0.15, 0.2) is 12.4 Å². The number of ketones is 1. The van der Waals surface area contributed by atoms with Crippen LogP contribution in [-0.2, 0) is 9.59 Å². The molecule has 2 N–H and O–H groups in total. The first-order chi connectivity index (χ1) is 14.2. The summed E-state index contributed by atoms with van der Waals surface area (Å²) in [5.74, 6) is -1.74. The minimum atomic E-state index is -0.649. The van der Waals surface area contributed by atoms with E-state index in [-0.39, 0.29) is 42.5 Å². The van der Waals surface area contributed by atoms with Crippen LogP contribution in [0.2, 0.25) is 10.0 Å². The number of halogens is 3. The molecule has 0 aliphatic carbocycles. The molecule has 0 aliphatic heterocycles. The van der Waals surface area contributed by atoms with Crippen LogP contribution in [0.15, 0.2) is 54.7 Å². The predicted octanol–water partition coefficient (Wildman–Crippen LogP) is 3.92. The number of amides is 2. The lowest BCUT2D eigenvalue weighted by Gasteiger charge is -2.10. The van der Waals surface area contributed by atoms with Crippen molar-refractivity contribution < 1.29 is 23.5 Å². The van der Waals surface area contributed by atoms with Crippen molar-refractivity contribution in [3.63, 3.8) is 0 Å². The molecule has 2 rings (SSSR count). The van der Waals surface area contributed by atoms with E-state index < -0.39 is 17.6 Å². The molecule has 0 atom stereocenters. The zero-order chi connectivity index (χ0) is 22.1. The van der Waals surface area contributed by atoms with Gasteiger partial charge in [-0.05, 0) is 36.4 Å². The molecule has 9 heteroatoms. The highest BCUT2D eigenvalue weighted by molar-refractivity contribution is 6.31. The first-order valence-corrected chi connectivity index (χ1v) is 9.61. The van der Waals surface area contributed by atoms with E-state index in [4.69, 9.17) is 27.9 Å². The predicted molar refractivity (Wildman–Crippen MR) is 112 cm³/mol. The summed E-state index contributed by atoms with van der Waals surface area (Å²) < 4.78 is 18.5. The van der Waals surface area contributed by atoms with Gasteiger partial charge in [-0.3, -0.25) is 14.4 Å². The lowest BCUT2D eigenvalue weighted by molar-refractivity contribution is -0.122. The molecule has 0 heterocycles. The van der Waals surface area contributed by atoms with Crippen LogP contribution in [-0.4, -0.2) is 30.7 Å². The molecule has 2 aromatic carbocycles. The Kier molecular flexibility index (Phi) is 8.83. The summed E-state index contributed by atoms with van der Waals surface area (Å²) in [7, 11) is 0. The topological polar surface area (TPSA) is 84.5 Å². The number of nitrogens with one attached hydrogen (secondary N) is 2. The van der Waals surface area contributed by atoms with Gasteiger partial charge in [0.05, 0.1) is 11.4 Å². The van der Waals surface area contributed by atoms with E-state index in [1.807, 2.05) is 0 Å². The van der Waals surface area contributed by atoms with Gasteiger partial charge in [-0.15, -0.1) is 0 Å². The Balaban J connectivity index is 1.65. The van der Waals surface area contributed by atoms with E-state index in [0.29, 0.717) is 16.3 Å². The average Bonchev–Trinajstić information content (AvgIpc) is 2.69. The third-order valence-corrected chi connectivity index (χ3v) is 4.37. The minimum Gasteiger partial charge on any atom is -0.484 e. The molecule has 6 nitrogen and oxygen atoms in total. The molecule has 2 aromatic rings. The second-order valence-electron chi connectivity index (χ2n) is 6.22. The Morgan fingerprint density at radius 1 is 1.03 bits per heavy atom. The molecule has 0 fully saturated rings. The number of carbonyl (C=O) groups is 3. The summed E-state index contributed by atoms with van der Waals surface area (Å²) in [4.78, 5) is 35.7. The summed E-state index contributed by atoms with van der Waals surface area (Å²) in [6.45, 7) is 3.54. The molecule has 0 aliphatic rings. The van der Waals surface area contributed by atoms with Gasteiger partial charge in [-0.1, -0.05) is 29.8 Å². The number of ether oxygens (including phenoxy) is 1. The number of Topliss-reactive ketones (excluding diaryl/α,β-unsaturated/α-hetero) is 1. The molecule has 158 valence electrons. The van der Waals surface area contributed by atoms with E-state index in [9.17, 15) is 18.8 Å². The summed E-state index contributed by atoms with van der Waals surface area (Å²) >= 11 is 11.3. The van der Waals surface area contributed by atoms with Gasteiger partial charge in [-0.25, -0.2) is 4.39 Å². The molecular formula is C21H19Cl2FN2O4. The number of rotatable bonds is 10. The Morgan fingerprint density at radius 3 is 2.40 bits per heavy atom. The Hall–Kier alpha value is -2.90. The lowest BCUT2D eigenvalue weighted by Crippen LogP contribution is -2.31. The third kappa shape index (κ3) is 7.85. The van der Waals surface area contributed by atoms with Gasteiger partial charge in [0, 0.05) is 35.3 Å². The molecule has 30 heavy (non-hydrogen) atoms. The van der Waals surface area contributed by atoms with Gasteiger partial charge in [0.25, 0.3) is 5.91 Å². The third-order valence-electron chi connectivity index (χ3n) is 3.81. The molecule has 0 aromatic heterocycles. The van der Waals surface area contributed by atoms with Crippen LogP contribution in [0, 0.1) is 5.82 Å². The second kappa shape index (κ2) is 11.3. The lowest BCUT2D eigenvalue weighted by atomic mass is 10.1. The summed E-state index contributed by atoms with van der Waals surface area (Å²) in [5, 5.41) is 5.56. The van der Waals surface area contributed by atoms with Crippen LogP contribution in [0.1, 0.15) is 23.2 Å². The van der Waals surface area contributed by atoms with Crippen LogP contribution in [0.5, 0.6) is 5.75 Å². The Morgan fingerprint density at radius 2 is 1.73 bits per heavy atom. The highest BCUT2D eigenvalue weighted by atomic mass is 35.5. The number of hydrogen-bond donors (Lipinski definition) is 2. The van der Waals surface area contributed by atoms with E-state index >= 15 is 0 Å². The fourth-order valence-electron chi connectivity index (χ4n) is 2.31. The normalized spacial score (nSPS) is 10.2.